The lowest BCUT2D eigenvalue weighted by Gasteiger charge is -2.18. The fourth-order valence-electron chi connectivity index (χ4n) is 5.50. The number of hydrogen-bond donors (Lipinski definition) is 2. The number of hydrogen-bond acceptors (Lipinski definition) is 2. The van der Waals surface area contributed by atoms with Crippen LogP contribution in [0.1, 0.15) is 0 Å². The quantitative estimate of drug-likeness (QED) is 0.211. The summed E-state index contributed by atoms with van der Waals surface area (Å²) in [5.74, 6) is 0.549. The standard InChI is InChI=1S/C32H20O2/c33-21-11-7-19(8-12-21)23-15-18-30-28-6-2-4-26-24(20-9-13-22(34)14-10-20)16-17-29(32(26)28)27-5-1-3-25(23)31(27)30/h1-18,33-34H. The molecule has 34 heavy (non-hydrogen) atoms. The number of phenols is 2. The van der Waals surface area contributed by atoms with Crippen molar-refractivity contribution in [3.8, 4) is 33.8 Å². The predicted molar refractivity (Wildman–Crippen MR) is 142 cm³/mol. The molecule has 2 nitrogen and oxygen atoms in total. The molecule has 0 amide bonds. The van der Waals surface area contributed by atoms with E-state index in [0.717, 1.165) is 22.3 Å². The third kappa shape index (κ3) is 2.63. The molecule has 0 bridgehead atoms. The summed E-state index contributed by atoms with van der Waals surface area (Å²) < 4.78 is 0. The Morgan fingerprint density at radius 2 is 0.676 bits per heavy atom. The van der Waals surface area contributed by atoms with Gasteiger partial charge in [0.15, 0.2) is 0 Å². The van der Waals surface area contributed by atoms with Crippen LogP contribution in [0.5, 0.6) is 11.5 Å². The highest BCUT2D eigenvalue weighted by Crippen LogP contribution is 2.45. The van der Waals surface area contributed by atoms with Crippen LogP contribution in [0, 0.1) is 0 Å². The molecule has 0 aliphatic heterocycles. The SMILES string of the molecule is Oc1ccc(-c2ccc3c4cccc5c(-c6ccc(O)cc6)ccc(c6cccc2c63)c54)cc1. The molecule has 7 aromatic rings. The fraction of sp³-hybridized carbons (Fsp3) is 0. The van der Waals surface area contributed by atoms with Gasteiger partial charge >= 0.3 is 0 Å². The first-order valence-electron chi connectivity index (χ1n) is 11.4. The lowest BCUT2D eigenvalue weighted by molar-refractivity contribution is 0.475. The molecule has 0 aliphatic carbocycles. The molecular formula is C32H20O2. The zero-order valence-corrected chi connectivity index (χ0v) is 18.3. The highest BCUT2D eigenvalue weighted by molar-refractivity contribution is 6.35. The summed E-state index contributed by atoms with van der Waals surface area (Å²) >= 11 is 0. The Bertz CT molecular complexity index is 1690. The molecule has 0 unspecified atom stereocenters. The van der Waals surface area contributed by atoms with E-state index in [1.165, 1.54) is 43.1 Å². The minimum absolute atomic E-state index is 0.275. The first kappa shape index (κ1) is 19.0. The third-order valence-electron chi connectivity index (χ3n) is 7.02. The number of phenolic OH excluding ortho intramolecular Hbond substituents is 2. The van der Waals surface area contributed by atoms with Crippen molar-refractivity contribution < 1.29 is 10.2 Å². The Morgan fingerprint density at radius 1 is 0.324 bits per heavy atom. The Morgan fingerprint density at radius 3 is 1.09 bits per heavy atom. The molecule has 7 rings (SSSR count). The Hall–Kier alpha value is -4.56. The topological polar surface area (TPSA) is 40.5 Å². The number of aromatic hydroxyl groups is 2. The van der Waals surface area contributed by atoms with E-state index in [1.54, 1.807) is 24.3 Å². The maximum atomic E-state index is 9.75. The zero-order valence-electron chi connectivity index (χ0n) is 18.3. The van der Waals surface area contributed by atoms with Crippen LogP contribution >= 0.6 is 0 Å². The maximum absolute atomic E-state index is 9.75. The van der Waals surface area contributed by atoms with Gasteiger partial charge in [0.2, 0.25) is 0 Å². The van der Waals surface area contributed by atoms with Crippen LogP contribution in [0.15, 0.2) is 109 Å². The van der Waals surface area contributed by atoms with Crippen LogP contribution in [0.4, 0.5) is 0 Å². The minimum atomic E-state index is 0.275. The summed E-state index contributed by atoms with van der Waals surface area (Å²) in [5, 5.41) is 29.4. The molecule has 0 saturated carbocycles. The van der Waals surface area contributed by atoms with Gasteiger partial charge in [-0.2, -0.15) is 0 Å². The average molecular weight is 437 g/mol. The van der Waals surface area contributed by atoms with Gasteiger partial charge in [-0.05, 0) is 89.6 Å². The third-order valence-corrected chi connectivity index (χ3v) is 7.02. The predicted octanol–water partition coefficient (Wildman–Crippen LogP) is 8.48. The van der Waals surface area contributed by atoms with Gasteiger partial charge in [-0.15, -0.1) is 0 Å². The molecule has 0 radical (unpaired) electrons. The monoisotopic (exact) mass is 436 g/mol. The van der Waals surface area contributed by atoms with Crippen molar-refractivity contribution in [1.29, 1.82) is 0 Å². The lowest BCUT2D eigenvalue weighted by atomic mass is 9.85. The van der Waals surface area contributed by atoms with Crippen LogP contribution in [-0.4, -0.2) is 10.2 Å². The summed E-state index contributed by atoms with van der Waals surface area (Å²) in [7, 11) is 0. The second-order valence-corrected chi connectivity index (χ2v) is 8.87. The molecule has 2 heteroatoms. The highest BCUT2D eigenvalue weighted by atomic mass is 16.3. The van der Waals surface area contributed by atoms with E-state index in [9.17, 15) is 10.2 Å². The van der Waals surface area contributed by atoms with Crippen molar-refractivity contribution >= 4 is 43.1 Å². The van der Waals surface area contributed by atoms with E-state index >= 15 is 0 Å². The average Bonchev–Trinajstić information content (AvgIpc) is 2.88. The Kier molecular flexibility index (Phi) is 3.88. The summed E-state index contributed by atoms with van der Waals surface area (Å²) in [6.45, 7) is 0. The second-order valence-electron chi connectivity index (χ2n) is 8.87. The summed E-state index contributed by atoms with van der Waals surface area (Å²) in [6.07, 6.45) is 0. The van der Waals surface area contributed by atoms with Crippen LogP contribution < -0.4 is 0 Å². The van der Waals surface area contributed by atoms with Gasteiger partial charge in [0.1, 0.15) is 11.5 Å². The summed E-state index contributed by atoms with van der Waals surface area (Å²) in [6, 6.07) is 36.8. The van der Waals surface area contributed by atoms with Gasteiger partial charge in [-0.25, -0.2) is 0 Å². The largest absolute Gasteiger partial charge is 0.508 e. The molecule has 0 saturated heterocycles. The molecule has 0 atom stereocenters. The second kappa shape index (κ2) is 6.97. The summed E-state index contributed by atoms with van der Waals surface area (Å²) in [5.41, 5.74) is 4.51. The molecule has 0 aliphatic rings. The van der Waals surface area contributed by atoms with E-state index < -0.39 is 0 Å². The van der Waals surface area contributed by atoms with E-state index in [2.05, 4.69) is 60.7 Å². The molecule has 0 fully saturated rings. The Labute approximate surface area is 196 Å². The molecule has 0 aromatic heterocycles. The van der Waals surface area contributed by atoms with Crippen molar-refractivity contribution in [1.82, 2.24) is 0 Å². The maximum Gasteiger partial charge on any atom is 0.115 e. The van der Waals surface area contributed by atoms with Crippen LogP contribution in [0.3, 0.4) is 0 Å². The first-order valence-corrected chi connectivity index (χ1v) is 11.4. The van der Waals surface area contributed by atoms with Gasteiger partial charge in [0, 0.05) is 0 Å². The molecule has 0 heterocycles. The van der Waals surface area contributed by atoms with Crippen molar-refractivity contribution in [2.75, 3.05) is 0 Å². The van der Waals surface area contributed by atoms with Crippen LogP contribution in [0.2, 0.25) is 0 Å². The fourth-order valence-corrected chi connectivity index (χ4v) is 5.50. The Balaban J connectivity index is 1.61. The van der Waals surface area contributed by atoms with Crippen molar-refractivity contribution in [2.24, 2.45) is 0 Å². The van der Waals surface area contributed by atoms with Crippen LogP contribution in [0.25, 0.3) is 65.3 Å². The number of rotatable bonds is 2. The number of benzene rings is 7. The zero-order chi connectivity index (χ0) is 22.8. The minimum Gasteiger partial charge on any atom is -0.508 e. The normalized spacial score (nSPS) is 11.8. The van der Waals surface area contributed by atoms with E-state index in [-0.39, 0.29) is 11.5 Å². The smallest absolute Gasteiger partial charge is 0.115 e. The van der Waals surface area contributed by atoms with Gasteiger partial charge < -0.3 is 10.2 Å². The molecule has 7 aromatic carbocycles. The van der Waals surface area contributed by atoms with Crippen molar-refractivity contribution in [3.05, 3.63) is 109 Å². The van der Waals surface area contributed by atoms with E-state index in [0.29, 0.717) is 0 Å². The molecular weight excluding hydrogens is 416 g/mol. The van der Waals surface area contributed by atoms with E-state index in [4.69, 9.17) is 0 Å². The van der Waals surface area contributed by atoms with Gasteiger partial charge in [-0.1, -0.05) is 84.9 Å². The number of fused-ring (bicyclic) bond motifs is 2. The van der Waals surface area contributed by atoms with Gasteiger partial charge in [0.25, 0.3) is 0 Å². The molecule has 0 spiro atoms. The van der Waals surface area contributed by atoms with Gasteiger partial charge in [0.05, 0.1) is 0 Å². The molecule has 160 valence electrons. The van der Waals surface area contributed by atoms with Gasteiger partial charge in [-0.3, -0.25) is 0 Å². The first-order chi connectivity index (χ1) is 16.7. The lowest BCUT2D eigenvalue weighted by Crippen LogP contribution is -1.90. The van der Waals surface area contributed by atoms with E-state index in [1.807, 2.05) is 24.3 Å². The summed E-state index contributed by atoms with van der Waals surface area (Å²) in [4.78, 5) is 0. The highest BCUT2D eigenvalue weighted by Gasteiger charge is 2.17. The van der Waals surface area contributed by atoms with Crippen molar-refractivity contribution in [3.63, 3.8) is 0 Å². The van der Waals surface area contributed by atoms with Crippen LogP contribution in [-0.2, 0) is 0 Å². The van der Waals surface area contributed by atoms with Crippen molar-refractivity contribution in [2.45, 2.75) is 0 Å². The molecule has 2 N–H and O–H groups in total.